The normalized spacial score (nSPS) is 11.0. The molecule has 2 aromatic carbocycles. The van der Waals surface area contributed by atoms with Crippen LogP contribution in [0.3, 0.4) is 0 Å². The summed E-state index contributed by atoms with van der Waals surface area (Å²) in [6.07, 6.45) is 0. The lowest BCUT2D eigenvalue weighted by Gasteiger charge is -2.01. The molecule has 3 rings (SSSR count). The van der Waals surface area contributed by atoms with Gasteiger partial charge in [0.25, 0.3) is 5.69 Å². The Balaban J connectivity index is 2.24. The highest BCUT2D eigenvalue weighted by Gasteiger charge is 2.17. The van der Waals surface area contributed by atoms with E-state index in [0.29, 0.717) is 21.4 Å². The maximum absolute atomic E-state index is 10.7. The van der Waals surface area contributed by atoms with Gasteiger partial charge in [-0.3, -0.25) is 10.1 Å². The van der Waals surface area contributed by atoms with Crippen molar-refractivity contribution in [2.45, 2.75) is 6.92 Å². The highest BCUT2D eigenvalue weighted by molar-refractivity contribution is 6.38. The van der Waals surface area contributed by atoms with E-state index in [1.165, 1.54) is 12.1 Å². The zero-order valence-electron chi connectivity index (χ0n) is 10.9. The van der Waals surface area contributed by atoms with Crippen LogP contribution in [0.5, 0.6) is 0 Å². The SMILES string of the molecule is Cc1oc2c(Cl)cc(Cl)cc2c1-c1ccc([N+](=O)[O-])cc1. The summed E-state index contributed by atoms with van der Waals surface area (Å²) in [5, 5.41) is 12.5. The summed E-state index contributed by atoms with van der Waals surface area (Å²) in [5.74, 6) is 0.683. The predicted octanol–water partition coefficient (Wildman–Crippen LogP) is 5.62. The van der Waals surface area contributed by atoms with E-state index < -0.39 is 4.92 Å². The maximum Gasteiger partial charge on any atom is 0.269 e. The Labute approximate surface area is 130 Å². The van der Waals surface area contributed by atoms with Crippen LogP contribution in [0.4, 0.5) is 5.69 Å². The van der Waals surface area contributed by atoms with Crippen LogP contribution in [0.2, 0.25) is 10.0 Å². The molecule has 0 N–H and O–H groups in total. The molecule has 0 unspecified atom stereocenters. The molecule has 0 bridgehead atoms. The molecule has 1 aromatic heterocycles. The minimum Gasteiger partial charge on any atom is -0.459 e. The number of aryl methyl sites for hydroxylation is 1. The predicted molar refractivity (Wildman–Crippen MR) is 83.1 cm³/mol. The second-order valence-corrected chi connectivity index (χ2v) is 5.45. The van der Waals surface area contributed by atoms with Crippen LogP contribution in [0.1, 0.15) is 5.76 Å². The molecule has 106 valence electrons. The van der Waals surface area contributed by atoms with Crippen molar-refractivity contribution < 1.29 is 9.34 Å². The Hall–Kier alpha value is -2.04. The van der Waals surface area contributed by atoms with Crippen molar-refractivity contribution in [1.82, 2.24) is 0 Å². The quantitative estimate of drug-likeness (QED) is 0.454. The van der Waals surface area contributed by atoms with Gasteiger partial charge < -0.3 is 4.42 Å². The summed E-state index contributed by atoms with van der Waals surface area (Å²) in [6, 6.07) is 9.68. The average molecular weight is 322 g/mol. The first kappa shape index (κ1) is 13.9. The van der Waals surface area contributed by atoms with Gasteiger partial charge in [-0.05, 0) is 36.8 Å². The summed E-state index contributed by atoms with van der Waals surface area (Å²) in [4.78, 5) is 10.3. The number of nitro groups is 1. The number of furan rings is 1. The van der Waals surface area contributed by atoms with Crippen LogP contribution in [0, 0.1) is 17.0 Å². The van der Waals surface area contributed by atoms with Crippen LogP contribution in [-0.4, -0.2) is 4.92 Å². The third kappa shape index (κ3) is 2.37. The molecule has 0 fully saturated rings. The molecule has 0 saturated carbocycles. The fourth-order valence-electron chi connectivity index (χ4n) is 2.35. The second-order valence-electron chi connectivity index (χ2n) is 4.60. The molecule has 0 spiro atoms. The Morgan fingerprint density at radius 1 is 1.14 bits per heavy atom. The van der Waals surface area contributed by atoms with E-state index >= 15 is 0 Å². The van der Waals surface area contributed by atoms with Crippen LogP contribution < -0.4 is 0 Å². The average Bonchev–Trinajstić information content (AvgIpc) is 2.75. The zero-order valence-corrected chi connectivity index (χ0v) is 12.4. The van der Waals surface area contributed by atoms with E-state index in [1.54, 1.807) is 24.3 Å². The van der Waals surface area contributed by atoms with Crippen LogP contribution in [-0.2, 0) is 0 Å². The second kappa shape index (κ2) is 5.06. The number of nitro benzene ring substituents is 1. The van der Waals surface area contributed by atoms with Gasteiger partial charge in [0, 0.05) is 28.1 Å². The smallest absolute Gasteiger partial charge is 0.269 e. The largest absolute Gasteiger partial charge is 0.459 e. The molecular formula is C15H9Cl2NO3. The molecule has 0 aliphatic heterocycles. The van der Waals surface area contributed by atoms with Crippen LogP contribution in [0.25, 0.3) is 22.1 Å². The Morgan fingerprint density at radius 3 is 2.43 bits per heavy atom. The van der Waals surface area contributed by atoms with Crippen molar-refractivity contribution in [1.29, 1.82) is 0 Å². The van der Waals surface area contributed by atoms with Gasteiger partial charge in [0.05, 0.1) is 9.95 Å². The number of non-ortho nitro benzene ring substituents is 1. The first-order valence-corrected chi connectivity index (χ1v) is 6.86. The molecule has 21 heavy (non-hydrogen) atoms. The van der Waals surface area contributed by atoms with Gasteiger partial charge >= 0.3 is 0 Å². The molecule has 0 saturated heterocycles. The van der Waals surface area contributed by atoms with Gasteiger partial charge in [-0.2, -0.15) is 0 Å². The standard InChI is InChI=1S/C15H9Cl2NO3/c1-8-14(9-2-4-11(5-3-9)18(19)20)12-6-10(16)7-13(17)15(12)21-8/h2-7H,1H3. The number of fused-ring (bicyclic) bond motifs is 1. The van der Waals surface area contributed by atoms with E-state index in [-0.39, 0.29) is 5.69 Å². The monoisotopic (exact) mass is 321 g/mol. The van der Waals surface area contributed by atoms with Gasteiger partial charge in [-0.25, -0.2) is 0 Å². The van der Waals surface area contributed by atoms with E-state index in [4.69, 9.17) is 27.6 Å². The van der Waals surface area contributed by atoms with Crippen LogP contribution in [0.15, 0.2) is 40.8 Å². The lowest BCUT2D eigenvalue weighted by atomic mass is 10.0. The zero-order chi connectivity index (χ0) is 15.1. The minimum absolute atomic E-state index is 0.0419. The molecule has 0 radical (unpaired) electrons. The first-order chi connectivity index (χ1) is 9.97. The van der Waals surface area contributed by atoms with Crippen molar-refractivity contribution in [3.05, 3.63) is 62.3 Å². The van der Waals surface area contributed by atoms with Crippen molar-refractivity contribution >= 4 is 39.9 Å². The van der Waals surface area contributed by atoms with Gasteiger partial charge in [0.1, 0.15) is 5.76 Å². The van der Waals surface area contributed by atoms with Gasteiger partial charge in [-0.15, -0.1) is 0 Å². The van der Waals surface area contributed by atoms with Crippen molar-refractivity contribution in [3.63, 3.8) is 0 Å². The van der Waals surface area contributed by atoms with E-state index in [0.717, 1.165) is 16.5 Å². The van der Waals surface area contributed by atoms with Crippen LogP contribution >= 0.6 is 23.2 Å². The Kier molecular flexibility index (Phi) is 3.35. The number of hydrogen-bond acceptors (Lipinski definition) is 3. The lowest BCUT2D eigenvalue weighted by Crippen LogP contribution is -1.87. The molecule has 0 aliphatic carbocycles. The van der Waals surface area contributed by atoms with Gasteiger partial charge in [0.2, 0.25) is 0 Å². The van der Waals surface area contributed by atoms with E-state index in [1.807, 2.05) is 6.92 Å². The highest BCUT2D eigenvalue weighted by atomic mass is 35.5. The number of nitrogens with zero attached hydrogens (tertiary/aromatic N) is 1. The summed E-state index contributed by atoms with van der Waals surface area (Å²) in [6.45, 7) is 1.82. The van der Waals surface area contributed by atoms with Gasteiger partial charge in [-0.1, -0.05) is 23.2 Å². The van der Waals surface area contributed by atoms with E-state index in [9.17, 15) is 10.1 Å². The number of rotatable bonds is 2. The molecule has 1 heterocycles. The van der Waals surface area contributed by atoms with Crippen molar-refractivity contribution in [3.8, 4) is 11.1 Å². The third-order valence-corrected chi connectivity index (χ3v) is 3.75. The fourth-order valence-corrected chi connectivity index (χ4v) is 2.88. The summed E-state index contributed by atoms with van der Waals surface area (Å²) < 4.78 is 5.69. The fraction of sp³-hybridized carbons (Fsp3) is 0.0667. The maximum atomic E-state index is 10.7. The van der Waals surface area contributed by atoms with Crippen molar-refractivity contribution in [2.75, 3.05) is 0 Å². The first-order valence-electron chi connectivity index (χ1n) is 6.10. The number of hydrogen-bond donors (Lipinski definition) is 0. The molecule has 4 nitrogen and oxygen atoms in total. The Bertz CT molecular complexity index is 853. The molecule has 0 aliphatic rings. The van der Waals surface area contributed by atoms with Gasteiger partial charge in [0.15, 0.2) is 5.58 Å². The Morgan fingerprint density at radius 2 is 1.81 bits per heavy atom. The number of halogens is 2. The highest BCUT2D eigenvalue weighted by Crippen LogP contribution is 2.39. The molecule has 6 heteroatoms. The molecular weight excluding hydrogens is 313 g/mol. The molecule has 0 amide bonds. The minimum atomic E-state index is -0.433. The number of benzene rings is 2. The lowest BCUT2D eigenvalue weighted by molar-refractivity contribution is -0.384. The summed E-state index contributed by atoms with van der Waals surface area (Å²) in [5.41, 5.74) is 2.26. The molecule has 3 aromatic rings. The molecule has 0 atom stereocenters. The van der Waals surface area contributed by atoms with E-state index in [2.05, 4.69) is 0 Å². The topological polar surface area (TPSA) is 56.3 Å². The summed E-state index contributed by atoms with van der Waals surface area (Å²) >= 11 is 12.2. The third-order valence-electron chi connectivity index (χ3n) is 3.25. The van der Waals surface area contributed by atoms with Crippen molar-refractivity contribution in [2.24, 2.45) is 0 Å². The summed E-state index contributed by atoms with van der Waals surface area (Å²) in [7, 11) is 0.